The summed E-state index contributed by atoms with van der Waals surface area (Å²) in [4.78, 5) is 2.56. The Morgan fingerprint density at radius 3 is 2.50 bits per heavy atom. The van der Waals surface area contributed by atoms with Crippen LogP contribution in [0.3, 0.4) is 0 Å². The Morgan fingerprint density at radius 1 is 1.15 bits per heavy atom. The number of halogens is 1. The molecule has 144 valence electrons. The van der Waals surface area contributed by atoms with E-state index in [0.717, 1.165) is 58.5 Å². The fourth-order valence-corrected chi connectivity index (χ4v) is 4.83. The van der Waals surface area contributed by atoms with Gasteiger partial charge < -0.3 is 14.4 Å². The second-order valence-corrected chi connectivity index (χ2v) is 8.57. The lowest BCUT2D eigenvalue weighted by molar-refractivity contribution is -0.161. The zero-order chi connectivity index (χ0) is 18.4. The molecule has 1 unspecified atom stereocenters. The number of hydrogen-bond donors (Lipinski definition) is 0. The average molecular weight is 469 g/mol. The van der Waals surface area contributed by atoms with Gasteiger partial charge in [-0.15, -0.1) is 0 Å². The highest BCUT2D eigenvalue weighted by Crippen LogP contribution is 2.38. The van der Waals surface area contributed by atoms with Crippen LogP contribution in [0.1, 0.15) is 45.1 Å². The van der Waals surface area contributed by atoms with E-state index in [1.54, 1.807) is 5.57 Å². The standard InChI is InChI=1S/C22H32INO2/c1-3-24(4-2)17-20(10-9-19-7-5-6-8-21(19)23)18-11-13-22(14-12-18)25-15-16-26-22/h5-8,11,20H,3-4,9-10,12-17H2,1-2H3. The van der Waals surface area contributed by atoms with Crippen molar-refractivity contribution >= 4 is 22.6 Å². The monoisotopic (exact) mass is 469 g/mol. The third-order valence-corrected chi connectivity index (χ3v) is 6.95. The van der Waals surface area contributed by atoms with E-state index >= 15 is 0 Å². The van der Waals surface area contributed by atoms with Gasteiger partial charge in [0.05, 0.1) is 13.2 Å². The Labute approximate surface area is 172 Å². The molecule has 1 saturated heterocycles. The summed E-state index contributed by atoms with van der Waals surface area (Å²) in [5, 5.41) is 0. The van der Waals surface area contributed by atoms with E-state index in [0.29, 0.717) is 5.92 Å². The molecule has 1 spiro atoms. The van der Waals surface area contributed by atoms with Crippen LogP contribution in [0.25, 0.3) is 0 Å². The van der Waals surface area contributed by atoms with Crippen LogP contribution in [0.2, 0.25) is 0 Å². The van der Waals surface area contributed by atoms with Crippen molar-refractivity contribution in [3.8, 4) is 0 Å². The van der Waals surface area contributed by atoms with Crippen molar-refractivity contribution in [3.63, 3.8) is 0 Å². The summed E-state index contributed by atoms with van der Waals surface area (Å²) in [6.07, 6.45) is 7.84. The topological polar surface area (TPSA) is 21.7 Å². The first-order chi connectivity index (χ1) is 12.7. The predicted molar refractivity (Wildman–Crippen MR) is 115 cm³/mol. The summed E-state index contributed by atoms with van der Waals surface area (Å²) in [6, 6.07) is 8.78. The van der Waals surface area contributed by atoms with Gasteiger partial charge in [0, 0.05) is 23.0 Å². The molecule has 1 heterocycles. The van der Waals surface area contributed by atoms with E-state index < -0.39 is 0 Å². The summed E-state index contributed by atoms with van der Waals surface area (Å²) < 4.78 is 13.2. The summed E-state index contributed by atoms with van der Waals surface area (Å²) in [6.45, 7) is 9.45. The fourth-order valence-electron chi connectivity index (χ4n) is 4.17. The minimum absolute atomic E-state index is 0.307. The molecule has 4 heteroatoms. The molecule has 3 rings (SSSR count). The van der Waals surface area contributed by atoms with E-state index in [2.05, 4.69) is 71.7 Å². The van der Waals surface area contributed by atoms with E-state index in [1.165, 1.54) is 15.6 Å². The maximum Gasteiger partial charge on any atom is 0.172 e. The van der Waals surface area contributed by atoms with Gasteiger partial charge in [-0.05, 0) is 72.5 Å². The third-order valence-electron chi connectivity index (χ3n) is 5.90. The molecule has 1 aliphatic carbocycles. The highest BCUT2D eigenvalue weighted by Gasteiger charge is 2.38. The first kappa shape index (κ1) is 20.3. The molecule has 0 saturated carbocycles. The van der Waals surface area contributed by atoms with Gasteiger partial charge >= 0.3 is 0 Å². The van der Waals surface area contributed by atoms with Crippen LogP contribution in [0.15, 0.2) is 35.9 Å². The van der Waals surface area contributed by atoms with Crippen molar-refractivity contribution < 1.29 is 9.47 Å². The van der Waals surface area contributed by atoms with Gasteiger partial charge in [0.1, 0.15) is 0 Å². The smallest absolute Gasteiger partial charge is 0.172 e. The molecule has 1 aromatic carbocycles. The third kappa shape index (κ3) is 5.09. The Morgan fingerprint density at radius 2 is 1.88 bits per heavy atom. The van der Waals surface area contributed by atoms with Crippen molar-refractivity contribution in [1.82, 2.24) is 4.90 Å². The fraction of sp³-hybridized carbons (Fsp3) is 0.636. The summed E-state index contributed by atoms with van der Waals surface area (Å²) >= 11 is 2.47. The van der Waals surface area contributed by atoms with Crippen LogP contribution < -0.4 is 0 Å². The molecule has 0 aromatic heterocycles. The van der Waals surface area contributed by atoms with Gasteiger partial charge in [-0.3, -0.25) is 0 Å². The van der Waals surface area contributed by atoms with Gasteiger partial charge in [-0.25, -0.2) is 0 Å². The predicted octanol–water partition coefficient (Wildman–Crippen LogP) is 5.04. The Hall–Kier alpha value is -0.430. The normalized spacial score (nSPS) is 20.5. The molecule has 0 amide bonds. The quantitative estimate of drug-likeness (QED) is 0.394. The van der Waals surface area contributed by atoms with E-state index in [4.69, 9.17) is 9.47 Å². The number of benzene rings is 1. The molecule has 1 aromatic rings. The first-order valence-corrected chi connectivity index (χ1v) is 11.2. The van der Waals surface area contributed by atoms with E-state index in [-0.39, 0.29) is 5.79 Å². The minimum Gasteiger partial charge on any atom is -0.347 e. The van der Waals surface area contributed by atoms with Crippen LogP contribution in [0.4, 0.5) is 0 Å². The molecule has 0 N–H and O–H groups in total. The molecular weight excluding hydrogens is 437 g/mol. The van der Waals surface area contributed by atoms with Crippen molar-refractivity contribution in [2.75, 3.05) is 32.8 Å². The maximum atomic E-state index is 5.90. The Kier molecular flexibility index (Phi) is 7.55. The zero-order valence-corrected chi connectivity index (χ0v) is 18.3. The van der Waals surface area contributed by atoms with Gasteiger partial charge in [0.2, 0.25) is 0 Å². The average Bonchev–Trinajstić information content (AvgIpc) is 3.12. The molecule has 0 bridgehead atoms. The van der Waals surface area contributed by atoms with Gasteiger partial charge in [0.15, 0.2) is 5.79 Å². The number of nitrogens with zero attached hydrogens (tertiary/aromatic N) is 1. The van der Waals surface area contributed by atoms with E-state index in [1.807, 2.05) is 0 Å². The molecule has 0 radical (unpaired) electrons. The van der Waals surface area contributed by atoms with Crippen LogP contribution in [0, 0.1) is 9.49 Å². The molecule has 1 fully saturated rings. The van der Waals surface area contributed by atoms with Crippen LogP contribution in [0.5, 0.6) is 0 Å². The number of ether oxygens (including phenoxy) is 2. The van der Waals surface area contributed by atoms with Crippen molar-refractivity contribution in [2.24, 2.45) is 5.92 Å². The number of hydrogen-bond acceptors (Lipinski definition) is 3. The maximum absolute atomic E-state index is 5.90. The number of aryl methyl sites for hydroxylation is 1. The molecule has 26 heavy (non-hydrogen) atoms. The summed E-state index contributed by atoms with van der Waals surface area (Å²) in [7, 11) is 0. The highest BCUT2D eigenvalue weighted by molar-refractivity contribution is 14.1. The van der Waals surface area contributed by atoms with Gasteiger partial charge in [-0.1, -0.05) is 43.7 Å². The lowest BCUT2D eigenvalue weighted by Gasteiger charge is -2.35. The lowest BCUT2D eigenvalue weighted by atomic mass is 9.83. The highest BCUT2D eigenvalue weighted by atomic mass is 127. The van der Waals surface area contributed by atoms with Crippen molar-refractivity contribution in [3.05, 3.63) is 45.0 Å². The first-order valence-electron chi connectivity index (χ1n) is 10.1. The minimum atomic E-state index is -0.307. The van der Waals surface area contributed by atoms with Gasteiger partial charge in [0.25, 0.3) is 0 Å². The lowest BCUT2D eigenvalue weighted by Crippen LogP contribution is -2.35. The number of rotatable bonds is 8. The molecule has 1 atom stereocenters. The second-order valence-electron chi connectivity index (χ2n) is 7.40. The van der Waals surface area contributed by atoms with Crippen LogP contribution in [-0.4, -0.2) is 43.5 Å². The summed E-state index contributed by atoms with van der Waals surface area (Å²) in [5.74, 6) is 0.322. The van der Waals surface area contributed by atoms with Crippen LogP contribution in [-0.2, 0) is 15.9 Å². The largest absolute Gasteiger partial charge is 0.347 e. The SMILES string of the molecule is CCN(CC)CC(CCc1ccccc1I)C1=CCC2(CC1)OCCO2. The van der Waals surface area contributed by atoms with Crippen LogP contribution >= 0.6 is 22.6 Å². The van der Waals surface area contributed by atoms with Gasteiger partial charge in [-0.2, -0.15) is 0 Å². The van der Waals surface area contributed by atoms with Crippen molar-refractivity contribution in [1.29, 1.82) is 0 Å². The zero-order valence-electron chi connectivity index (χ0n) is 16.2. The molecule has 2 aliphatic rings. The second kappa shape index (κ2) is 9.67. The molecular formula is C22H32INO2. The van der Waals surface area contributed by atoms with E-state index in [9.17, 15) is 0 Å². The van der Waals surface area contributed by atoms with Crippen molar-refractivity contribution in [2.45, 2.75) is 51.7 Å². The summed E-state index contributed by atoms with van der Waals surface area (Å²) in [5.41, 5.74) is 3.10. The Bertz CT molecular complexity index is 606. The molecule has 3 nitrogen and oxygen atoms in total. The molecule has 1 aliphatic heterocycles. The Balaban J connectivity index is 1.68.